The topological polar surface area (TPSA) is 94.6 Å². The van der Waals surface area contributed by atoms with Gasteiger partial charge >= 0.3 is 0 Å². The van der Waals surface area contributed by atoms with Gasteiger partial charge in [-0.05, 0) is 27.9 Å². The zero-order valence-electron chi connectivity index (χ0n) is 14.8. The molecule has 0 spiro atoms. The molecule has 0 radical (unpaired) electrons. The Labute approximate surface area is 160 Å². The molecule has 1 heterocycles. The maximum atomic E-state index is 12.8. The van der Waals surface area contributed by atoms with Crippen LogP contribution in [0.25, 0.3) is 0 Å². The van der Waals surface area contributed by atoms with Crippen molar-refractivity contribution in [2.45, 2.75) is 25.7 Å². The molecule has 6 nitrogen and oxygen atoms in total. The van der Waals surface area contributed by atoms with E-state index in [9.17, 15) is 10.1 Å². The van der Waals surface area contributed by atoms with Gasteiger partial charge in [0.15, 0.2) is 5.78 Å². The van der Waals surface area contributed by atoms with Gasteiger partial charge in [-0.2, -0.15) is 5.26 Å². The number of ether oxygens (including phenoxy) is 3. The van der Waals surface area contributed by atoms with Crippen molar-refractivity contribution in [1.29, 1.82) is 5.26 Å². The van der Waals surface area contributed by atoms with Crippen LogP contribution in [0.15, 0.2) is 39.4 Å². The molecule has 2 atom stereocenters. The van der Waals surface area contributed by atoms with E-state index in [2.05, 4.69) is 22.0 Å². The molecule has 136 valence electrons. The van der Waals surface area contributed by atoms with E-state index in [1.54, 1.807) is 19.2 Å². The van der Waals surface area contributed by atoms with Crippen molar-refractivity contribution in [3.05, 3.63) is 45.0 Å². The van der Waals surface area contributed by atoms with Gasteiger partial charge in [0, 0.05) is 30.0 Å². The third-order valence-electron chi connectivity index (χ3n) is 4.68. The van der Waals surface area contributed by atoms with Gasteiger partial charge in [0.05, 0.1) is 24.6 Å². The van der Waals surface area contributed by atoms with E-state index in [-0.39, 0.29) is 23.2 Å². The number of benzene rings is 1. The van der Waals surface area contributed by atoms with E-state index < -0.39 is 5.92 Å². The number of allylic oxidation sites excluding steroid dienone is 3. The molecule has 0 saturated carbocycles. The SMILES string of the molecule is COc1cc(OC)c(C2C(C#N)=C(N)OC3=C2C(=O)CC(C)C3)cc1Br. The van der Waals surface area contributed by atoms with Gasteiger partial charge in [0.25, 0.3) is 0 Å². The highest BCUT2D eigenvalue weighted by Crippen LogP contribution is 2.48. The first kappa shape index (κ1) is 18.3. The van der Waals surface area contributed by atoms with E-state index in [0.29, 0.717) is 45.7 Å². The second-order valence-corrected chi connectivity index (χ2v) is 7.28. The van der Waals surface area contributed by atoms with Crippen molar-refractivity contribution in [1.82, 2.24) is 0 Å². The van der Waals surface area contributed by atoms with Crippen LogP contribution in [0.3, 0.4) is 0 Å². The van der Waals surface area contributed by atoms with Gasteiger partial charge in [0.1, 0.15) is 28.9 Å². The van der Waals surface area contributed by atoms with Crippen LogP contribution in [0.4, 0.5) is 0 Å². The van der Waals surface area contributed by atoms with Gasteiger partial charge in [-0.15, -0.1) is 0 Å². The number of carbonyl (C=O) groups is 1. The predicted molar refractivity (Wildman–Crippen MR) is 98.3 cm³/mol. The normalized spacial score (nSPS) is 22.5. The number of hydrogen-bond donors (Lipinski definition) is 1. The average Bonchev–Trinajstić information content (AvgIpc) is 2.60. The van der Waals surface area contributed by atoms with Crippen LogP contribution in [0.5, 0.6) is 11.5 Å². The zero-order valence-corrected chi connectivity index (χ0v) is 16.3. The summed E-state index contributed by atoms with van der Waals surface area (Å²) in [4.78, 5) is 12.8. The number of methoxy groups -OCH3 is 2. The Balaban J connectivity index is 2.26. The largest absolute Gasteiger partial charge is 0.496 e. The van der Waals surface area contributed by atoms with Gasteiger partial charge in [-0.1, -0.05) is 6.92 Å². The third kappa shape index (κ3) is 2.95. The van der Waals surface area contributed by atoms with Crippen molar-refractivity contribution in [3.63, 3.8) is 0 Å². The lowest BCUT2D eigenvalue weighted by molar-refractivity contribution is -0.117. The fraction of sp³-hybridized carbons (Fsp3) is 0.368. The smallest absolute Gasteiger partial charge is 0.205 e. The zero-order chi connectivity index (χ0) is 19.0. The minimum atomic E-state index is -0.624. The molecule has 3 rings (SSSR count). The molecule has 0 bridgehead atoms. The van der Waals surface area contributed by atoms with Crippen LogP contribution < -0.4 is 15.2 Å². The molecule has 2 N–H and O–H groups in total. The van der Waals surface area contributed by atoms with E-state index >= 15 is 0 Å². The first-order valence-corrected chi connectivity index (χ1v) is 8.95. The molecule has 1 aromatic carbocycles. The van der Waals surface area contributed by atoms with Crippen LogP contribution in [0.1, 0.15) is 31.2 Å². The first-order valence-electron chi connectivity index (χ1n) is 8.16. The summed E-state index contributed by atoms with van der Waals surface area (Å²) >= 11 is 3.46. The Kier molecular flexibility index (Phi) is 4.97. The van der Waals surface area contributed by atoms with E-state index in [1.165, 1.54) is 7.11 Å². The molecule has 26 heavy (non-hydrogen) atoms. The molecule has 2 unspecified atom stereocenters. The number of rotatable bonds is 3. The lowest BCUT2D eigenvalue weighted by Crippen LogP contribution is -2.30. The molecule has 0 amide bonds. The summed E-state index contributed by atoms with van der Waals surface area (Å²) in [5, 5.41) is 9.68. The minimum Gasteiger partial charge on any atom is -0.496 e. The highest BCUT2D eigenvalue weighted by Gasteiger charge is 2.41. The van der Waals surface area contributed by atoms with Crippen molar-refractivity contribution in [2.24, 2.45) is 11.7 Å². The number of ketones is 1. The van der Waals surface area contributed by atoms with Crippen molar-refractivity contribution in [2.75, 3.05) is 14.2 Å². The molecular weight excluding hydrogens is 400 g/mol. The summed E-state index contributed by atoms with van der Waals surface area (Å²) in [7, 11) is 3.09. The van der Waals surface area contributed by atoms with Crippen molar-refractivity contribution >= 4 is 21.7 Å². The summed E-state index contributed by atoms with van der Waals surface area (Å²) in [6.45, 7) is 1.99. The standard InChI is InChI=1S/C19H19BrN2O4/c1-9-4-13(23)18-16(5-9)26-19(22)11(8-21)17(18)10-6-12(20)15(25-3)7-14(10)24-2/h6-7,9,17H,4-5,22H2,1-3H3. The number of Topliss-reactive ketones (excluding diaryl/α,β-unsaturated/α-hetero) is 1. The fourth-order valence-electron chi connectivity index (χ4n) is 3.51. The predicted octanol–water partition coefficient (Wildman–Crippen LogP) is 3.53. The first-order chi connectivity index (χ1) is 12.4. The fourth-order valence-corrected chi connectivity index (χ4v) is 4.04. The summed E-state index contributed by atoms with van der Waals surface area (Å²) in [5.74, 6) is 1.19. The van der Waals surface area contributed by atoms with Crippen molar-refractivity contribution < 1.29 is 19.0 Å². The molecule has 1 aromatic rings. The third-order valence-corrected chi connectivity index (χ3v) is 5.30. The Morgan fingerprint density at radius 1 is 1.27 bits per heavy atom. The van der Waals surface area contributed by atoms with Crippen LogP contribution >= 0.6 is 15.9 Å². The number of nitrogens with two attached hydrogens (primary N) is 1. The van der Waals surface area contributed by atoms with E-state index in [1.807, 2.05) is 6.92 Å². The highest BCUT2D eigenvalue weighted by molar-refractivity contribution is 9.10. The monoisotopic (exact) mass is 418 g/mol. The second kappa shape index (κ2) is 7.04. The number of nitrogens with zero attached hydrogens (tertiary/aromatic N) is 1. The number of carbonyl (C=O) groups excluding carboxylic acids is 1. The molecule has 1 aliphatic heterocycles. The summed E-state index contributed by atoms with van der Waals surface area (Å²) < 4.78 is 17.2. The van der Waals surface area contributed by atoms with Gasteiger partial charge < -0.3 is 19.9 Å². The summed E-state index contributed by atoms with van der Waals surface area (Å²) in [6.07, 6.45) is 1.02. The lowest BCUT2D eigenvalue weighted by atomic mass is 9.75. The molecule has 7 heteroatoms. The number of hydrogen-bond acceptors (Lipinski definition) is 6. The Morgan fingerprint density at radius 2 is 1.96 bits per heavy atom. The van der Waals surface area contributed by atoms with Gasteiger partial charge in [0.2, 0.25) is 5.88 Å². The second-order valence-electron chi connectivity index (χ2n) is 6.43. The van der Waals surface area contributed by atoms with Crippen LogP contribution in [0, 0.1) is 17.2 Å². The van der Waals surface area contributed by atoms with Crippen LogP contribution in [-0.4, -0.2) is 20.0 Å². The quantitative estimate of drug-likeness (QED) is 0.806. The minimum absolute atomic E-state index is 0.0296. The van der Waals surface area contributed by atoms with E-state index in [0.717, 1.165) is 0 Å². The average molecular weight is 419 g/mol. The Morgan fingerprint density at radius 3 is 2.58 bits per heavy atom. The molecule has 0 fully saturated rings. The van der Waals surface area contributed by atoms with Crippen molar-refractivity contribution in [3.8, 4) is 17.6 Å². The van der Waals surface area contributed by atoms with Gasteiger partial charge in [-0.3, -0.25) is 4.79 Å². The summed E-state index contributed by atoms with van der Waals surface area (Å²) in [6, 6.07) is 5.63. The molecule has 0 aromatic heterocycles. The number of nitriles is 1. The molecule has 2 aliphatic rings. The van der Waals surface area contributed by atoms with Gasteiger partial charge in [-0.25, -0.2) is 0 Å². The van der Waals surface area contributed by atoms with E-state index in [4.69, 9.17) is 19.9 Å². The Hall–Kier alpha value is -2.46. The Bertz CT molecular complexity index is 882. The molecular formula is C19H19BrN2O4. The highest BCUT2D eigenvalue weighted by atomic mass is 79.9. The summed E-state index contributed by atoms with van der Waals surface area (Å²) in [5.41, 5.74) is 7.38. The molecule has 1 aliphatic carbocycles. The molecule has 0 saturated heterocycles. The number of halogens is 1. The maximum Gasteiger partial charge on any atom is 0.205 e. The van der Waals surface area contributed by atoms with Crippen LogP contribution in [0.2, 0.25) is 0 Å². The maximum absolute atomic E-state index is 12.8. The lowest BCUT2D eigenvalue weighted by Gasteiger charge is -2.33. The van der Waals surface area contributed by atoms with Crippen LogP contribution in [-0.2, 0) is 9.53 Å².